The molecule has 4 rings (SSSR count). The molecular weight excluding hydrogens is 336 g/mol. The third-order valence-corrected chi connectivity index (χ3v) is 5.00. The van der Waals surface area contributed by atoms with Crippen molar-refractivity contribution in [1.29, 1.82) is 0 Å². The van der Waals surface area contributed by atoms with Gasteiger partial charge in [-0.3, -0.25) is 0 Å². The Morgan fingerprint density at radius 3 is 3.00 bits per heavy atom. The van der Waals surface area contributed by atoms with Crippen molar-refractivity contribution >= 4 is 6.03 Å². The number of methoxy groups -OCH3 is 1. The van der Waals surface area contributed by atoms with Gasteiger partial charge < -0.3 is 24.2 Å². The minimum absolute atomic E-state index is 0.0318. The number of rotatable bonds is 5. The largest absolute Gasteiger partial charge is 0.377 e. The van der Waals surface area contributed by atoms with Crippen LogP contribution >= 0.6 is 0 Å². The van der Waals surface area contributed by atoms with Crippen molar-refractivity contribution in [1.82, 2.24) is 20.4 Å². The molecule has 0 radical (unpaired) electrons. The van der Waals surface area contributed by atoms with Crippen LogP contribution in [0.1, 0.15) is 29.5 Å². The molecule has 1 aliphatic carbocycles. The number of nitrogens with zero attached hydrogens (tertiary/aromatic N) is 3. The van der Waals surface area contributed by atoms with Gasteiger partial charge in [-0.1, -0.05) is 17.3 Å². The van der Waals surface area contributed by atoms with Crippen molar-refractivity contribution in [2.75, 3.05) is 27.4 Å². The third kappa shape index (κ3) is 3.17. The van der Waals surface area contributed by atoms with Gasteiger partial charge in [0, 0.05) is 19.7 Å². The summed E-state index contributed by atoms with van der Waals surface area (Å²) in [6, 6.07) is 6.24. The Hall–Kier alpha value is -2.45. The van der Waals surface area contributed by atoms with Gasteiger partial charge in [0.05, 0.1) is 25.3 Å². The molecule has 8 nitrogen and oxygen atoms in total. The molecule has 1 saturated heterocycles. The van der Waals surface area contributed by atoms with E-state index in [1.807, 2.05) is 19.2 Å². The van der Waals surface area contributed by atoms with Gasteiger partial charge in [-0.2, -0.15) is 4.98 Å². The average molecular weight is 358 g/mol. The smallest absolute Gasteiger partial charge is 0.318 e. The normalized spacial score (nSPS) is 19.1. The monoisotopic (exact) mass is 358 g/mol. The number of ether oxygens (including phenoxy) is 2. The molecule has 2 heterocycles. The van der Waals surface area contributed by atoms with Crippen molar-refractivity contribution in [2.45, 2.75) is 31.5 Å². The van der Waals surface area contributed by atoms with Crippen LogP contribution < -0.4 is 5.32 Å². The minimum Gasteiger partial charge on any atom is -0.377 e. The number of hydrogen-bond donors (Lipinski definition) is 1. The second kappa shape index (κ2) is 7.05. The number of benzene rings is 1. The molecule has 0 spiro atoms. The lowest BCUT2D eigenvalue weighted by molar-refractivity contribution is -0.0421. The number of amides is 2. The van der Waals surface area contributed by atoms with E-state index in [0.29, 0.717) is 31.5 Å². The summed E-state index contributed by atoms with van der Waals surface area (Å²) in [4.78, 5) is 18.5. The molecule has 1 aromatic heterocycles. The zero-order valence-corrected chi connectivity index (χ0v) is 14.9. The second-order valence-corrected chi connectivity index (χ2v) is 6.70. The Balaban J connectivity index is 1.46. The van der Waals surface area contributed by atoms with Crippen LogP contribution in [0.15, 0.2) is 22.7 Å². The van der Waals surface area contributed by atoms with Gasteiger partial charge in [0.25, 0.3) is 5.89 Å². The van der Waals surface area contributed by atoms with E-state index < -0.39 is 0 Å². The molecule has 8 heteroatoms. The van der Waals surface area contributed by atoms with Crippen LogP contribution in [0.3, 0.4) is 0 Å². The molecule has 1 N–H and O–H groups in total. The van der Waals surface area contributed by atoms with Crippen molar-refractivity contribution in [3.63, 3.8) is 0 Å². The Morgan fingerprint density at radius 1 is 1.42 bits per heavy atom. The molecule has 1 fully saturated rings. The number of urea groups is 1. The number of fused-ring (bicyclic) bond motifs is 1. The fraction of sp³-hybridized carbons (Fsp3) is 0.500. The summed E-state index contributed by atoms with van der Waals surface area (Å²) in [5.74, 6) is 1.01. The first-order valence-corrected chi connectivity index (χ1v) is 8.71. The van der Waals surface area contributed by atoms with Crippen LogP contribution in [0, 0.1) is 0 Å². The topological polar surface area (TPSA) is 89.7 Å². The Kier molecular flexibility index (Phi) is 4.60. The predicted molar refractivity (Wildman–Crippen MR) is 92.4 cm³/mol. The number of likely N-dealkylation sites (N-methyl/N-ethyl adjacent to an activating group) is 1. The van der Waals surface area contributed by atoms with Crippen LogP contribution in [0.2, 0.25) is 0 Å². The summed E-state index contributed by atoms with van der Waals surface area (Å²) in [6.07, 6.45) is 1.80. The maximum Gasteiger partial charge on any atom is 0.318 e. The van der Waals surface area contributed by atoms with Gasteiger partial charge in [0.2, 0.25) is 5.82 Å². The number of hydrogen-bond acceptors (Lipinski definition) is 6. The van der Waals surface area contributed by atoms with Crippen molar-refractivity contribution < 1.29 is 18.8 Å². The zero-order chi connectivity index (χ0) is 18.1. The molecule has 0 bridgehead atoms. The van der Waals surface area contributed by atoms with E-state index in [-0.39, 0.29) is 18.1 Å². The molecule has 2 aromatic rings. The Bertz CT molecular complexity index is 802. The predicted octanol–water partition coefficient (Wildman–Crippen LogP) is 1.91. The summed E-state index contributed by atoms with van der Waals surface area (Å²) in [5, 5.41) is 7.13. The van der Waals surface area contributed by atoms with E-state index in [4.69, 9.17) is 14.0 Å². The lowest BCUT2D eigenvalue weighted by atomic mass is 10.0. The van der Waals surface area contributed by atoms with Crippen LogP contribution in [-0.4, -0.2) is 54.5 Å². The first-order valence-electron chi connectivity index (χ1n) is 8.71. The van der Waals surface area contributed by atoms with Crippen molar-refractivity contribution in [3.8, 4) is 11.4 Å². The number of aromatic nitrogens is 2. The molecular formula is C18H22N4O4. The summed E-state index contributed by atoms with van der Waals surface area (Å²) in [5.41, 5.74) is 3.27. The molecule has 1 aliphatic heterocycles. The molecule has 0 unspecified atom stereocenters. The Morgan fingerprint density at radius 2 is 2.27 bits per heavy atom. The van der Waals surface area contributed by atoms with E-state index >= 15 is 0 Å². The molecule has 1 atom stereocenters. The van der Waals surface area contributed by atoms with E-state index in [2.05, 4.69) is 21.5 Å². The van der Waals surface area contributed by atoms with Crippen LogP contribution in [0.4, 0.5) is 4.79 Å². The molecule has 0 saturated carbocycles. The van der Waals surface area contributed by atoms with Gasteiger partial charge in [-0.05, 0) is 30.0 Å². The lowest BCUT2D eigenvalue weighted by Crippen LogP contribution is -2.53. The van der Waals surface area contributed by atoms with E-state index in [9.17, 15) is 4.79 Å². The van der Waals surface area contributed by atoms with Crippen molar-refractivity contribution in [2.24, 2.45) is 0 Å². The highest BCUT2D eigenvalue weighted by atomic mass is 16.5. The SMILES string of the molecule is COCc1nc(-c2ccc3c(c2)CC[C@H]3NC(=O)N(C)C2COC2)no1. The van der Waals surface area contributed by atoms with Gasteiger partial charge in [-0.25, -0.2) is 4.79 Å². The first kappa shape index (κ1) is 17.0. The maximum atomic E-state index is 12.4. The second-order valence-electron chi connectivity index (χ2n) is 6.70. The zero-order valence-electron chi connectivity index (χ0n) is 14.9. The summed E-state index contributed by atoms with van der Waals surface area (Å²) < 4.78 is 15.3. The highest BCUT2D eigenvalue weighted by Gasteiger charge is 2.30. The van der Waals surface area contributed by atoms with Crippen molar-refractivity contribution in [3.05, 3.63) is 35.2 Å². The number of aryl methyl sites for hydroxylation is 1. The van der Waals surface area contributed by atoms with E-state index in [1.54, 1.807) is 12.0 Å². The fourth-order valence-electron chi connectivity index (χ4n) is 3.32. The molecule has 138 valence electrons. The maximum absolute atomic E-state index is 12.4. The number of nitrogens with one attached hydrogen (secondary N) is 1. The first-order chi connectivity index (χ1) is 12.7. The van der Waals surface area contributed by atoms with Gasteiger partial charge in [0.1, 0.15) is 6.61 Å². The highest BCUT2D eigenvalue weighted by Crippen LogP contribution is 2.34. The van der Waals surface area contributed by atoms with E-state index in [0.717, 1.165) is 24.0 Å². The van der Waals surface area contributed by atoms with Gasteiger partial charge in [-0.15, -0.1) is 0 Å². The van der Waals surface area contributed by atoms with E-state index in [1.165, 1.54) is 5.56 Å². The summed E-state index contributed by atoms with van der Waals surface area (Å²) in [7, 11) is 3.40. The number of carbonyl (C=O) groups excluding carboxylic acids is 1. The quantitative estimate of drug-likeness (QED) is 0.878. The average Bonchev–Trinajstić information content (AvgIpc) is 3.20. The Labute approximate surface area is 151 Å². The summed E-state index contributed by atoms with van der Waals surface area (Å²) in [6.45, 7) is 1.53. The third-order valence-electron chi connectivity index (χ3n) is 5.00. The molecule has 1 aromatic carbocycles. The standard InChI is InChI=1S/C18H22N4O4/c1-22(13-8-25-9-13)18(23)19-15-6-4-11-7-12(3-5-14(11)15)17-20-16(10-24-2)26-21-17/h3,5,7,13,15H,4,6,8-10H2,1-2H3,(H,19,23)/t15-/m1/s1. The summed E-state index contributed by atoms with van der Waals surface area (Å²) >= 11 is 0. The number of carbonyl (C=O) groups is 1. The minimum atomic E-state index is -0.0531. The van der Waals surface area contributed by atoms with Crippen LogP contribution in [0.5, 0.6) is 0 Å². The van der Waals surface area contributed by atoms with Gasteiger partial charge in [0.15, 0.2) is 0 Å². The van der Waals surface area contributed by atoms with Crippen LogP contribution in [0.25, 0.3) is 11.4 Å². The fourth-order valence-corrected chi connectivity index (χ4v) is 3.32. The van der Waals surface area contributed by atoms with Gasteiger partial charge >= 0.3 is 6.03 Å². The molecule has 2 amide bonds. The van der Waals surface area contributed by atoms with Crippen LogP contribution in [-0.2, 0) is 22.5 Å². The molecule has 26 heavy (non-hydrogen) atoms. The highest BCUT2D eigenvalue weighted by molar-refractivity contribution is 5.75. The molecule has 2 aliphatic rings. The lowest BCUT2D eigenvalue weighted by Gasteiger charge is -2.35.